The van der Waals surface area contributed by atoms with Gasteiger partial charge in [-0.3, -0.25) is 0 Å². The van der Waals surface area contributed by atoms with Crippen molar-refractivity contribution >= 4 is 5.97 Å². The van der Waals surface area contributed by atoms with E-state index in [1.807, 2.05) is 32.0 Å². The predicted octanol–water partition coefficient (Wildman–Crippen LogP) is 2.25. The van der Waals surface area contributed by atoms with Gasteiger partial charge in [-0.15, -0.1) is 0 Å². The minimum Gasteiger partial charge on any atom is -0.479 e. The lowest BCUT2D eigenvalue weighted by Crippen LogP contribution is -2.35. The van der Waals surface area contributed by atoms with E-state index in [0.717, 1.165) is 11.1 Å². The van der Waals surface area contributed by atoms with Crippen LogP contribution in [-0.2, 0) is 15.1 Å². The van der Waals surface area contributed by atoms with Gasteiger partial charge < -0.3 is 9.84 Å². The van der Waals surface area contributed by atoms with Gasteiger partial charge in [0.25, 0.3) is 0 Å². The summed E-state index contributed by atoms with van der Waals surface area (Å²) in [5, 5.41) is 9.18. The molecule has 1 aromatic carbocycles. The maximum absolute atomic E-state index is 11.2. The smallest absolute Gasteiger partial charge is 0.340 e. The molecule has 1 rings (SSSR count). The topological polar surface area (TPSA) is 46.5 Å². The van der Waals surface area contributed by atoms with Gasteiger partial charge in [-0.2, -0.15) is 0 Å². The van der Waals surface area contributed by atoms with E-state index in [-0.39, 0.29) is 0 Å². The normalized spacial score (nSPS) is 14.7. The molecule has 1 atom stereocenters. The van der Waals surface area contributed by atoms with Gasteiger partial charge in [0.2, 0.25) is 0 Å². The van der Waals surface area contributed by atoms with Crippen molar-refractivity contribution in [2.75, 3.05) is 7.11 Å². The summed E-state index contributed by atoms with van der Waals surface area (Å²) >= 11 is 0. The summed E-state index contributed by atoms with van der Waals surface area (Å²) in [5.41, 5.74) is 1.39. The van der Waals surface area contributed by atoms with Crippen molar-refractivity contribution in [2.45, 2.75) is 26.4 Å². The van der Waals surface area contributed by atoms with Crippen molar-refractivity contribution in [2.24, 2.45) is 0 Å². The molecular weight excluding hydrogens is 192 g/mol. The Hall–Kier alpha value is -1.35. The SMILES string of the molecule is COC(C)(C(=O)O)c1cc(C)ccc1C. The summed E-state index contributed by atoms with van der Waals surface area (Å²) < 4.78 is 5.12. The molecule has 1 N–H and O–H groups in total. The molecule has 0 radical (unpaired) electrons. The van der Waals surface area contributed by atoms with Crippen molar-refractivity contribution in [3.05, 3.63) is 34.9 Å². The zero-order valence-electron chi connectivity index (χ0n) is 9.50. The van der Waals surface area contributed by atoms with Gasteiger partial charge in [0, 0.05) is 7.11 Å². The fourth-order valence-electron chi connectivity index (χ4n) is 1.56. The Kier molecular flexibility index (Phi) is 3.15. The second-order valence-corrected chi connectivity index (χ2v) is 3.86. The number of carbonyl (C=O) groups is 1. The number of benzene rings is 1. The first-order chi connectivity index (χ1) is 6.91. The minimum absolute atomic E-state index is 0.706. The number of aryl methyl sites for hydroxylation is 2. The second-order valence-electron chi connectivity index (χ2n) is 3.86. The van der Waals surface area contributed by atoms with Crippen molar-refractivity contribution < 1.29 is 14.6 Å². The molecule has 0 heterocycles. The molecule has 1 aromatic rings. The highest BCUT2D eigenvalue weighted by molar-refractivity contribution is 5.79. The number of carboxylic acid groups (broad SMARTS) is 1. The molecule has 3 heteroatoms. The Balaban J connectivity index is 3.35. The van der Waals surface area contributed by atoms with Gasteiger partial charge in [0.05, 0.1) is 0 Å². The fourth-order valence-corrected chi connectivity index (χ4v) is 1.56. The highest BCUT2D eigenvalue weighted by Crippen LogP contribution is 2.28. The lowest BCUT2D eigenvalue weighted by atomic mass is 9.90. The number of methoxy groups -OCH3 is 1. The first-order valence-electron chi connectivity index (χ1n) is 4.78. The molecule has 0 aromatic heterocycles. The first kappa shape index (κ1) is 11.7. The van der Waals surface area contributed by atoms with Crippen LogP contribution in [0.5, 0.6) is 0 Å². The Labute approximate surface area is 89.7 Å². The Morgan fingerprint density at radius 1 is 1.40 bits per heavy atom. The maximum atomic E-state index is 11.2. The van der Waals surface area contributed by atoms with Crippen LogP contribution < -0.4 is 0 Å². The van der Waals surface area contributed by atoms with Crippen LogP contribution in [0.4, 0.5) is 0 Å². The van der Waals surface area contributed by atoms with E-state index in [0.29, 0.717) is 5.56 Å². The molecule has 1 unspecified atom stereocenters. The lowest BCUT2D eigenvalue weighted by Gasteiger charge is -2.25. The zero-order valence-corrected chi connectivity index (χ0v) is 9.50. The molecule has 0 spiro atoms. The molecule has 0 saturated carbocycles. The van der Waals surface area contributed by atoms with Gasteiger partial charge in [-0.05, 0) is 31.9 Å². The Bertz CT molecular complexity index is 384. The molecule has 0 fully saturated rings. The van der Waals surface area contributed by atoms with Gasteiger partial charge in [0.15, 0.2) is 5.60 Å². The van der Waals surface area contributed by atoms with Crippen LogP contribution in [0.3, 0.4) is 0 Å². The molecule has 0 aliphatic carbocycles. The van der Waals surface area contributed by atoms with Crippen LogP contribution in [0.2, 0.25) is 0 Å². The number of aliphatic carboxylic acids is 1. The van der Waals surface area contributed by atoms with Crippen molar-refractivity contribution in [1.82, 2.24) is 0 Å². The lowest BCUT2D eigenvalue weighted by molar-refractivity contribution is -0.161. The minimum atomic E-state index is -1.27. The molecule has 15 heavy (non-hydrogen) atoms. The van der Waals surface area contributed by atoms with Crippen molar-refractivity contribution in [3.63, 3.8) is 0 Å². The van der Waals surface area contributed by atoms with E-state index in [4.69, 9.17) is 4.74 Å². The van der Waals surface area contributed by atoms with Gasteiger partial charge >= 0.3 is 5.97 Å². The first-order valence-corrected chi connectivity index (χ1v) is 4.78. The second kappa shape index (κ2) is 4.03. The van der Waals surface area contributed by atoms with Crippen molar-refractivity contribution in [3.8, 4) is 0 Å². The quantitative estimate of drug-likeness (QED) is 0.828. The van der Waals surface area contributed by atoms with Crippen molar-refractivity contribution in [1.29, 1.82) is 0 Å². The van der Waals surface area contributed by atoms with E-state index in [1.165, 1.54) is 7.11 Å². The number of carboxylic acids is 1. The highest BCUT2D eigenvalue weighted by Gasteiger charge is 2.36. The predicted molar refractivity (Wildman–Crippen MR) is 57.9 cm³/mol. The van der Waals surface area contributed by atoms with Crippen LogP contribution in [0.15, 0.2) is 18.2 Å². The van der Waals surface area contributed by atoms with Gasteiger partial charge in [0.1, 0.15) is 0 Å². The standard InChI is InChI=1S/C12H16O3/c1-8-5-6-9(2)10(7-8)12(3,15-4)11(13)14/h5-7H,1-4H3,(H,13,14). The molecule has 3 nitrogen and oxygen atoms in total. The number of hydrogen-bond donors (Lipinski definition) is 1. The number of ether oxygens (including phenoxy) is 1. The summed E-state index contributed by atoms with van der Waals surface area (Å²) in [5.74, 6) is -0.973. The molecule has 0 aliphatic rings. The van der Waals surface area contributed by atoms with Crippen LogP contribution in [0, 0.1) is 13.8 Å². The van der Waals surface area contributed by atoms with Crippen LogP contribution >= 0.6 is 0 Å². The molecule has 0 saturated heterocycles. The number of hydrogen-bond acceptors (Lipinski definition) is 2. The summed E-state index contributed by atoms with van der Waals surface area (Å²) in [7, 11) is 1.41. The maximum Gasteiger partial charge on any atom is 0.340 e. The van der Waals surface area contributed by atoms with E-state index in [9.17, 15) is 9.90 Å². The average molecular weight is 208 g/mol. The molecule has 82 valence electrons. The third-order valence-corrected chi connectivity index (χ3v) is 2.72. The van der Waals surface area contributed by atoms with E-state index >= 15 is 0 Å². The summed E-state index contributed by atoms with van der Waals surface area (Å²) in [6.07, 6.45) is 0. The van der Waals surface area contributed by atoms with Crippen LogP contribution in [0.1, 0.15) is 23.6 Å². The van der Waals surface area contributed by atoms with Crippen LogP contribution in [0.25, 0.3) is 0 Å². The van der Waals surface area contributed by atoms with Crippen LogP contribution in [-0.4, -0.2) is 18.2 Å². The largest absolute Gasteiger partial charge is 0.479 e. The summed E-state index contributed by atoms with van der Waals surface area (Å²) in [6, 6.07) is 5.72. The van der Waals surface area contributed by atoms with E-state index in [2.05, 4.69) is 0 Å². The molecular formula is C12H16O3. The Morgan fingerprint density at radius 3 is 2.47 bits per heavy atom. The van der Waals surface area contributed by atoms with Gasteiger partial charge in [-0.25, -0.2) is 4.79 Å². The third-order valence-electron chi connectivity index (χ3n) is 2.72. The molecule has 0 aliphatic heterocycles. The number of rotatable bonds is 3. The van der Waals surface area contributed by atoms with Gasteiger partial charge in [-0.1, -0.05) is 23.8 Å². The fraction of sp³-hybridized carbons (Fsp3) is 0.417. The highest BCUT2D eigenvalue weighted by atomic mass is 16.5. The van der Waals surface area contributed by atoms with E-state index in [1.54, 1.807) is 6.92 Å². The monoisotopic (exact) mass is 208 g/mol. The summed E-state index contributed by atoms with van der Waals surface area (Å²) in [6.45, 7) is 5.38. The Morgan fingerprint density at radius 2 is 2.00 bits per heavy atom. The zero-order chi connectivity index (χ0) is 11.6. The average Bonchev–Trinajstić information content (AvgIpc) is 2.20. The molecule has 0 amide bonds. The van der Waals surface area contributed by atoms with E-state index < -0.39 is 11.6 Å². The third kappa shape index (κ3) is 2.02. The molecule has 0 bridgehead atoms. The summed E-state index contributed by atoms with van der Waals surface area (Å²) in [4.78, 5) is 11.2.